The monoisotopic (exact) mass is 325 g/mol. The molecule has 2 aromatic carbocycles. The van der Waals surface area contributed by atoms with Crippen molar-refractivity contribution < 1.29 is 19.4 Å². The number of hydrogen-bond acceptors (Lipinski definition) is 4. The first-order valence-electron chi connectivity index (χ1n) is 7.87. The molecule has 24 heavy (non-hydrogen) atoms. The highest BCUT2D eigenvalue weighted by Gasteiger charge is 2.30. The predicted octanol–water partition coefficient (Wildman–Crippen LogP) is 2.31. The zero-order chi connectivity index (χ0) is 17.1. The third-order valence-electron chi connectivity index (χ3n) is 4.17. The van der Waals surface area contributed by atoms with E-state index in [9.17, 15) is 9.59 Å². The molecule has 0 bridgehead atoms. The van der Waals surface area contributed by atoms with Crippen molar-refractivity contribution in [3.8, 4) is 0 Å². The lowest BCUT2D eigenvalue weighted by Gasteiger charge is -2.22. The summed E-state index contributed by atoms with van der Waals surface area (Å²) in [6.07, 6.45) is 0.804. The number of para-hydroxylation sites is 1. The highest BCUT2D eigenvalue weighted by Crippen LogP contribution is 2.31. The Morgan fingerprint density at radius 3 is 2.58 bits per heavy atom. The fourth-order valence-corrected chi connectivity index (χ4v) is 2.97. The molecule has 1 aliphatic heterocycles. The number of esters is 1. The lowest BCUT2D eigenvalue weighted by molar-refractivity contribution is -0.122. The Balaban J connectivity index is 1.64. The van der Waals surface area contributed by atoms with Gasteiger partial charge < -0.3 is 14.7 Å². The summed E-state index contributed by atoms with van der Waals surface area (Å²) in [5.41, 5.74) is 3.09. The van der Waals surface area contributed by atoms with E-state index in [2.05, 4.69) is 0 Å². The Hall–Kier alpha value is -2.66. The van der Waals surface area contributed by atoms with Gasteiger partial charge in [0.15, 0.2) is 6.61 Å². The van der Waals surface area contributed by atoms with Crippen LogP contribution in [-0.2, 0) is 22.6 Å². The molecule has 0 unspecified atom stereocenters. The quantitative estimate of drug-likeness (QED) is 0.876. The minimum Gasteiger partial charge on any atom is -0.452 e. The zero-order valence-corrected chi connectivity index (χ0v) is 13.4. The maximum Gasteiger partial charge on any atom is 0.338 e. The molecule has 1 aliphatic rings. The Morgan fingerprint density at radius 1 is 1.17 bits per heavy atom. The van der Waals surface area contributed by atoms with Crippen LogP contribution in [0.3, 0.4) is 0 Å². The third-order valence-corrected chi connectivity index (χ3v) is 4.17. The summed E-state index contributed by atoms with van der Waals surface area (Å²) in [5.74, 6) is -0.777. The summed E-state index contributed by atoms with van der Waals surface area (Å²) in [6.45, 7) is 1.60. The summed E-state index contributed by atoms with van der Waals surface area (Å²) < 4.78 is 5.15. The van der Waals surface area contributed by atoms with Crippen LogP contribution >= 0.6 is 0 Å². The van der Waals surface area contributed by atoms with Gasteiger partial charge in [-0.1, -0.05) is 30.3 Å². The van der Waals surface area contributed by atoms with Gasteiger partial charge in [0.25, 0.3) is 5.91 Å². The standard InChI is InChI=1S/C19H19NO4/c1-13-10-16-4-2-3-5-17(16)20(13)18(22)12-24-19(23)15-8-6-14(11-21)7-9-15/h2-9,13,21H,10-12H2,1H3/t13-/m1/s1. The highest BCUT2D eigenvalue weighted by atomic mass is 16.5. The molecule has 5 nitrogen and oxygen atoms in total. The molecule has 0 saturated carbocycles. The molecule has 1 amide bonds. The fourth-order valence-electron chi connectivity index (χ4n) is 2.97. The van der Waals surface area contributed by atoms with Gasteiger partial charge in [-0.15, -0.1) is 0 Å². The lowest BCUT2D eigenvalue weighted by atomic mass is 10.1. The van der Waals surface area contributed by atoms with Crippen LogP contribution in [0.5, 0.6) is 0 Å². The summed E-state index contributed by atoms with van der Waals surface area (Å²) >= 11 is 0. The minimum absolute atomic E-state index is 0.0532. The Kier molecular flexibility index (Phi) is 4.62. The largest absolute Gasteiger partial charge is 0.452 e. The number of aliphatic hydroxyl groups is 1. The van der Waals surface area contributed by atoms with E-state index >= 15 is 0 Å². The van der Waals surface area contributed by atoms with Crippen molar-refractivity contribution >= 4 is 17.6 Å². The second kappa shape index (κ2) is 6.84. The van der Waals surface area contributed by atoms with Crippen LogP contribution < -0.4 is 4.90 Å². The number of fused-ring (bicyclic) bond motifs is 1. The van der Waals surface area contributed by atoms with E-state index in [0.717, 1.165) is 17.7 Å². The normalized spacial score (nSPS) is 15.9. The number of hydrogen-bond donors (Lipinski definition) is 1. The van der Waals surface area contributed by atoms with E-state index < -0.39 is 5.97 Å². The van der Waals surface area contributed by atoms with Crippen molar-refractivity contribution in [1.82, 2.24) is 0 Å². The van der Waals surface area contributed by atoms with Crippen LogP contribution in [0.15, 0.2) is 48.5 Å². The first-order valence-corrected chi connectivity index (χ1v) is 7.87. The molecule has 0 radical (unpaired) electrons. The summed E-state index contributed by atoms with van der Waals surface area (Å²) in [4.78, 5) is 26.2. The average molecular weight is 325 g/mol. The summed E-state index contributed by atoms with van der Waals surface area (Å²) in [7, 11) is 0. The van der Waals surface area contributed by atoms with Gasteiger partial charge in [0.1, 0.15) is 0 Å². The number of carbonyl (C=O) groups is 2. The number of benzene rings is 2. The molecule has 124 valence electrons. The van der Waals surface area contributed by atoms with Crippen molar-refractivity contribution in [3.05, 3.63) is 65.2 Å². The first kappa shape index (κ1) is 16.2. The van der Waals surface area contributed by atoms with E-state index in [1.807, 2.05) is 31.2 Å². The number of ether oxygens (including phenoxy) is 1. The molecule has 0 fully saturated rings. The number of nitrogens with zero attached hydrogens (tertiary/aromatic N) is 1. The molecule has 3 rings (SSSR count). The zero-order valence-electron chi connectivity index (χ0n) is 13.4. The molecule has 0 spiro atoms. The van der Waals surface area contributed by atoms with Gasteiger partial charge in [-0.2, -0.15) is 0 Å². The van der Waals surface area contributed by atoms with Crippen LogP contribution in [-0.4, -0.2) is 29.6 Å². The Labute approximate surface area is 140 Å². The molecule has 0 aliphatic carbocycles. The molecule has 0 saturated heterocycles. The van der Waals surface area contributed by atoms with Crippen molar-refractivity contribution in [3.63, 3.8) is 0 Å². The Bertz CT molecular complexity index is 754. The van der Waals surface area contributed by atoms with Gasteiger partial charge in [-0.3, -0.25) is 4.79 Å². The van der Waals surface area contributed by atoms with Gasteiger partial charge in [-0.05, 0) is 42.7 Å². The van der Waals surface area contributed by atoms with Crippen LogP contribution in [0, 0.1) is 0 Å². The number of carbonyl (C=O) groups excluding carboxylic acids is 2. The van der Waals surface area contributed by atoms with Crippen LogP contribution in [0.4, 0.5) is 5.69 Å². The van der Waals surface area contributed by atoms with Crippen molar-refractivity contribution in [1.29, 1.82) is 0 Å². The number of rotatable bonds is 4. The fraction of sp³-hybridized carbons (Fsp3) is 0.263. The van der Waals surface area contributed by atoms with E-state index in [0.29, 0.717) is 11.1 Å². The molecule has 1 heterocycles. The molecule has 5 heteroatoms. The molecular weight excluding hydrogens is 306 g/mol. The van der Waals surface area contributed by atoms with E-state index in [1.54, 1.807) is 29.2 Å². The molecule has 2 aromatic rings. The van der Waals surface area contributed by atoms with Crippen LogP contribution in [0.25, 0.3) is 0 Å². The SMILES string of the molecule is C[C@@H]1Cc2ccccc2N1C(=O)COC(=O)c1ccc(CO)cc1. The van der Waals surface area contributed by atoms with Crippen molar-refractivity contribution in [2.24, 2.45) is 0 Å². The minimum atomic E-state index is -0.548. The second-order valence-electron chi connectivity index (χ2n) is 5.88. The highest BCUT2D eigenvalue weighted by molar-refractivity contribution is 5.99. The molecule has 0 aromatic heterocycles. The van der Waals surface area contributed by atoms with Crippen LogP contribution in [0.2, 0.25) is 0 Å². The summed E-state index contributed by atoms with van der Waals surface area (Å²) in [6, 6.07) is 14.3. The average Bonchev–Trinajstić information content (AvgIpc) is 2.95. The van der Waals surface area contributed by atoms with Gasteiger partial charge in [0.2, 0.25) is 0 Å². The molecule has 1 N–H and O–H groups in total. The number of amides is 1. The van der Waals surface area contributed by atoms with Crippen LogP contribution in [0.1, 0.15) is 28.4 Å². The predicted molar refractivity (Wildman–Crippen MR) is 89.7 cm³/mol. The molecular formula is C19H19NO4. The van der Waals surface area contributed by atoms with E-state index in [-0.39, 0.29) is 25.2 Å². The smallest absolute Gasteiger partial charge is 0.338 e. The first-order chi connectivity index (χ1) is 11.6. The maximum absolute atomic E-state index is 12.5. The molecule has 1 atom stereocenters. The van der Waals surface area contributed by atoms with Gasteiger partial charge in [0, 0.05) is 11.7 Å². The van der Waals surface area contributed by atoms with Crippen molar-refractivity contribution in [2.45, 2.75) is 26.0 Å². The summed E-state index contributed by atoms with van der Waals surface area (Å²) in [5, 5.41) is 9.00. The topological polar surface area (TPSA) is 66.8 Å². The lowest BCUT2D eigenvalue weighted by Crippen LogP contribution is -2.38. The third kappa shape index (κ3) is 3.16. The van der Waals surface area contributed by atoms with E-state index in [4.69, 9.17) is 9.84 Å². The second-order valence-corrected chi connectivity index (χ2v) is 5.88. The number of aliphatic hydroxyl groups excluding tert-OH is 1. The van der Waals surface area contributed by atoms with Gasteiger partial charge in [-0.25, -0.2) is 4.79 Å². The van der Waals surface area contributed by atoms with Crippen molar-refractivity contribution in [2.75, 3.05) is 11.5 Å². The van der Waals surface area contributed by atoms with Gasteiger partial charge >= 0.3 is 5.97 Å². The van der Waals surface area contributed by atoms with E-state index in [1.165, 1.54) is 0 Å². The number of anilines is 1. The van der Waals surface area contributed by atoms with Gasteiger partial charge in [0.05, 0.1) is 12.2 Å². The Morgan fingerprint density at radius 2 is 1.88 bits per heavy atom. The maximum atomic E-state index is 12.5.